The first-order chi connectivity index (χ1) is 7.69. The molecule has 1 aromatic carbocycles. The van der Waals surface area contributed by atoms with Crippen molar-refractivity contribution in [3.8, 4) is 11.5 Å². The summed E-state index contributed by atoms with van der Waals surface area (Å²) in [5.74, 6) is -0.791. The summed E-state index contributed by atoms with van der Waals surface area (Å²) in [6, 6.07) is 0.443. The number of ether oxygens (including phenoxy) is 2. The van der Waals surface area contributed by atoms with Gasteiger partial charge in [0.2, 0.25) is 0 Å². The van der Waals surface area contributed by atoms with Gasteiger partial charge in [-0.1, -0.05) is 6.07 Å². The van der Waals surface area contributed by atoms with Gasteiger partial charge in [0.1, 0.15) is 6.04 Å². The molecule has 0 spiro atoms. The summed E-state index contributed by atoms with van der Waals surface area (Å²) in [7, 11) is 0. The molecule has 1 heterocycles. The van der Waals surface area contributed by atoms with E-state index in [1.807, 2.05) is 0 Å². The topological polar surface area (TPSA) is 44.5 Å². The maximum absolute atomic E-state index is 12.6. The van der Waals surface area contributed by atoms with Crippen molar-refractivity contribution < 1.29 is 31.4 Å². The Morgan fingerprint density at radius 3 is 2.29 bits per heavy atom. The summed E-state index contributed by atoms with van der Waals surface area (Å²) in [4.78, 5) is 0. The van der Waals surface area contributed by atoms with Crippen LogP contribution in [0.4, 0.5) is 22.0 Å². The second-order valence-electron chi connectivity index (χ2n) is 3.39. The molecular weight excluding hydrogens is 249 g/mol. The Bertz CT molecular complexity index is 446. The van der Waals surface area contributed by atoms with E-state index in [-0.39, 0.29) is 11.3 Å². The zero-order valence-electron chi connectivity index (χ0n) is 8.09. The highest BCUT2D eigenvalue weighted by atomic mass is 19.4. The minimum Gasteiger partial charge on any atom is -0.395 e. The molecule has 1 atom stereocenters. The number of hydrogen-bond donors (Lipinski definition) is 1. The van der Waals surface area contributed by atoms with Gasteiger partial charge in [-0.15, -0.1) is 8.78 Å². The van der Waals surface area contributed by atoms with Crippen LogP contribution in [0.15, 0.2) is 18.2 Å². The molecular formula is C9H6F5NO2. The molecule has 17 heavy (non-hydrogen) atoms. The maximum Gasteiger partial charge on any atom is 0.586 e. The number of benzene rings is 1. The average molecular weight is 255 g/mol. The first-order valence-electron chi connectivity index (χ1n) is 4.41. The highest BCUT2D eigenvalue weighted by Crippen LogP contribution is 2.43. The van der Waals surface area contributed by atoms with E-state index in [2.05, 4.69) is 9.47 Å². The minimum absolute atomic E-state index is 0.326. The van der Waals surface area contributed by atoms with Gasteiger partial charge >= 0.3 is 12.5 Å². The predicted molar refractivity (Wildman–Crippen MR) is 45.6 cm³/mol. The van der Waals surface area contributed by atoms with Crippen LogP contribution in [0.1, 0.15) is 11.6 Å². The quantitative estimate of drug-likeness (QED) is 0.784. The predicted octanol–water partition coefficient (Wildman–Crippen LogP) is 2.57. The van der Waals surface area contributed by atoms with Gasteiger partial charge in [-0.25, -0.2) is 0 Å². The van der Waals surface area contributed by atoms with Crippen LogP contribution in [0.2, 0.25) is 0 Å². The first-order valence-corrected chi connectivity index (χ1v) is 4.41. The van der Waals surface area contributed by atoms with Crippen LogP contribution in [-0.2, 0) is 0 Å². The Labute approximate surface area is 91.9 Å². The van der Waals surface area contributed by atoms with Crippen molar-refractivity contribution >= 4 is 0 Å². The maximum atomic E-state index is 12.6. The van der Waals surface area contributed by atoms with Gasteiger partial charge in [0.05, 0.1) is 0 Å². The monoisotopic (exact) mass is 255 g/mol. The number of rotatable bonds is 1. The van der Waals surface area contributed by atoms with E-state index in [1.165, 1.54) is 0 Å². The Morgan fingerprint density at radius 2 is 1.71 bits per heavy atom. The summed E-state index contributed by atoms with van der Waals surface area (Å²) in [5, 5.41) is 0. The Hall–Kier alpha value is -1.57. The first kappa shape index (κ1) is 11.9. The van der Waals surface area contributed by atoms with Crippen molar-refractivity contribution in [2.75, 3.05) is 0 Å². The minimum atomic E-state index is -4.66. The lowest BCUT2D eigenvalue weighted by atomic mass is 10.1. The van der Waals surface area contributed by atoms with E-state index in [1.54, 1.807) is 0 Å². The number of halogens is 5. The second kappa shape index (κ2) is 3.46. The van der Waals surface area contributed by atoms with E-state index in [4.69, 9.17) is 5.73 Å². The molecule has 0 fully saturated rings. The Balaban J connectivity index is 2.31. The average Bonchev–Trinajstić information content (AvgIpc) is 2.47. The normalized spacial score (nSPS) is 19.2. The third kappa shape index (κ3) is 2.26. The molecule has 8 heteroatoms. The van der Waals surface area contributed by atoms with E-state index in [0.29, 0.717) is 0 Å². The molecule has 0 saturated heterocycles. The molecule has 1 aromatic rings. The molecule has 0 amide bonds. The zero-order valence-corrected chi connectivity index (χ0v) is 8.09. The highest BCUT2D eigenvalue weighted by Gasteiger charge is 2.44. The number of fused-ring (bicyclic) bond motifs is 1. The summed E-state index contributed by atoms with van der Waals surface area (Å²) < 4.78 is 70.1. The van der Waals surface area contributed by atoms with Crippen molar-refractivity contribution in [2.24, 2.45) is 5.73 Å². The number of hydrogen-bond acceptors (Lipinski definition) is 3. The SMILES string of the molecule is N[C@H](c1ccc2c(c1)OC(F)(F)O2)C(F)(F)F. The van der Waals surface area contributed by atoms with Crippen molar-refractivity contribution in [2.45, 2.75) is 18.5 Å². The lowest BCUT2D eigenvalue weighted by molar-refractivity contribution is -0.286. The van der Waals surface area contributed by atoms with Crippen LogP contribution >= 0.6 is 0 Å². The van der Waals surface area contributed by atoms with E-state index >= 15 is 0 Å². The van der Waals surface area contributed by atoms with Crippen molar-refractivity contribution in [1.29, 1.82) is 0 Å². The van der Waals surface area contributed by atoms with Gasteiger partial charge in [0, 0.05) is 0 Å². The van der Waals surface area contributed by atoms with Crippen LogP contribution in [0.25, 0.3) is 0 Å². The third-order valence-corrected chi connectivity index (χ3v) is 2.14. The molecule has 1 aliphatic heterocycles. The fraction of sp³-hybridized carbons (Fsp3) is 0.333. The molecule has 2 rings (SSSR count). The smallest absolute Gasteiger partial charge is 0.395 e. The lowest BCUT2D eigenvalue weighted by Crippen LogP contribution is -2.28. The summed E-state index contributed by atoms with van der Waals surface area (Å²) in [5.41, 5.74) is 4.55. The second-order valence-corrected chi connectivity index (χ2v) is 3.39. The van der Waals surface area contributed by atoms with Crippen molar-refractivity contribution in [3.05, 3.63) is 23.8 Å². The summed E-state index contributed by atoms with van der Waals surface area (Å²) >= 11 is 0. The molecule has 1 aliphatic rings. The van der Waals surface area contributed by atoms with E-state index in [0.717, 1.165) is 18.2 Å². The Kier molecular flexibility index (Phi) is 2.42. The lowest BCUT2D eigenvalue weighted by Gasteiger charge is -2.15. The molecule has 3 nitrogen and oxygen atoms in total. The van der Waals surface area contributed by atoms with Crippen LogP contribution in [0.3, 0.4) is 0 Å². The standard InChI is InChI=1S/C9H6F5NO2/c10-8(11,12)7(15)4-1-2-5-6(3-4)17-9(13,14)16-5/h1-3,7H,15H2/t7-/m1/s1. The van der Waals surface area contributed by atoms with Crippen LogP contribution < -0.4 is 15.2 Å². The number of alkyl halides is 5. The molecule has 94 valence electrons. The summed E-state index contributed by atoms with van der Waals surface area (Å²) in [6.45, 7) is 0. The van der Waals surface area contributed by atoms with Gasteiger partial charge in [-0.05, 0) is 17.7 Å². The van der Waals surface area contributed by atoms with Crippen LogP contribution in [0.5, 0.6) is 11.5 Å². The fourth-order valence-electron chi connectivity index (χ4n) is 1.35. The molecule has 0 saturated carbocycles. The fourth-order valence-corrected chi connectivity index (χ4v) is 1.35. The van der Waals surface area contributed by atoms with E-state index < -0.39 is 24.3 Å². The van der Waals surface area contributed by atoms with Gasteiger partial charge in [-0.3, -0.25) is 0 Å². The molecule has 2 N–H and O–H groups in total. The van der Waals surface area contributed by atoms with Crippen LogP contribution in [0, 0.1) is 0 Å². The molecule has 0 radical (unpaired) electrons. The third-order valence-electron chi connectivity index (χ3n) is 2.14. The van der Waals surface area contributed by atoms with Crippen molar-refractivity contribution in [3.63, 3.8) is 0 Å². The zero-order chi connectivity index (χ0) is 12.8. The van der Waals surface area contributed by atoms with Gasteiger partial charge in [-0.2, -0.15) is 13.2 Å². The molecule has 0 bridgehead atoms. The Morgan fingerprint density at radius 1 is 1.12 bits per heavy atom. The largest absolute Gasteiger partial charge is 0.586 e. The van der Waals surface area contributed by atoms with Gasteiger partial charge in [0.25, 0.3) is 0 Å². The molecule has 0 aromatic heterocycles. The molecule has 0 unspecified atom stereocenters. The van der Waals surface area contributed by atoms with Gasteiger partial charge in [0.15, 0.2) is 11.5 Å². The molecule has 0 aliphatic carbocycles. The van der Waals surface area contributed by atoms with Crippen molar-refractivity contribution in [1.82, 2.24) is 0 Å². The highest BCUT2D eigenvalue weighted by molar-refractivity contribution is 5.46. The van der Waals surface area contributed by atoms with Gasteiger partial charge < -0.3 is 15.2 Å². The summed E-state index contributed by atoms with van der Waals surface area (Å²) in [6.07, 6.45) is -8.51. The van der Waals surface area contributed by atoms with Crippen LogP contribution in [-0.4, -0.2) is 12.5 Å². The van der Waals surface area contributed by atoms with E-state index in [9.17, 15) is 22.0 Å². The number of nitrogens with two attached hydrogens (primary N) is 1.